The molecule has 1 heterocycles. The molecule has 0 aliphatic heterocycles. The zero-order valence-corrected chi connectivity index (χ0v) is 8.80. The second-order valence-electron chi connectivity index (χ2n) is 3.09. The van der Waals surface area contributed by atoms with Gasteiger partial charge >= 0.3 is 0 Å². The summed E-state index contributed by atoms with van der Waals surface area (Å²) in [6, 6.07) is 4.33. The summed E-state index contributed by atoms with van der Waals surface area (Å²) >= 11 is 5.78. The average molecular weight is 199 g/mol. The Kier molecular flexibility index (Phi) is 4.03. The van der Waals surface area contributed by atoms with E-state index in [9.17, 15) is 0 Å². The lowest BCUT2D eigenvalue weighted by Gasteiger charge is -2.15. The summed E-state index contributed by atoms with van der Waals surface area (Å²) in [6.07, 6.45) is 2.84. The van der Waals surface area contributed by atoms with Crippen LogP contribution in [0, 0.1) is 6.92 Å². The van der Waals surface area contributed by atoms with Gasteiger partial charge in [-0.25, -0.2) is 0 Å². The standard InChI is InChI=1S/C10H15ClN2/c1-3-9(7-11)13-10-4-5-12-8(2)6-10/h4-6,9H,3,7H2,1-2H3,(H,12,13). The first-order chi connectivity index (χ1) is 6.26. The topological polar surface area (TPSA) is 24.9 Å². The minimum absolute atomic E-state index is 0.350. The maximum Gasteiger partial charge on any atom is 0.0425 e. The number of hydrogen-bond acceptors (Lipinski definition) is 2. The zero-order chi connectivity index (χ0) is 9.68. The van der Waals surface area contributed by atoms with Gasteiger partial charge in [0.2, 0.25) is 0 Å². The van der Waals surface area contributed by atoms with E-state index in [1.807, 2.05) is 19.1 Å². The van der Waals surface area contributed by atoms with E-state index in [2.05, 4.69) is 17.2 Å². The van der Waals surface area contributed by atoms with Crippen LogP contribution in [-0.4, -0.2) is 16.9 Å². The lowest BCUT2D eigenvalue weighted by atomic mass is 10.2. The Morgan fingerprint density at radius 1 is 1.62 bits per heavy atom. The fraction of sp³-hybridized carbons (Fsp3) is 0.500. The highest BCUT2D eigenvalue weighted by Gasteiger charge is 2.03. The van der Waals surface area contributed by atoms with Crippen LogP contribution in [0.4, 0.5) is 5.69 Å². The van der Waals surface area contributed by atoms with Gasteiger partial charge < -0.3 is 5.32 Å². The average Bonchev–Trinajstić information content (AvgIpc) is 2.14. The fourth-order valence-corrected chi connectivity index (χ4v) is 1.42. The molecule has 0 bridgehead atoms. The van der Waals surface area contributed by atoms with Crippen molar-refractivity contribution in [2.75, 3.05) is 11.2 Å². The number of nitrogens with zero attached hydrogens (tertiary/aromatic N) is 1. The molecule has 2 nitrogen and oxygen atoms in total. The molecule has 0 aliphatic rings. The van der Waals surface area contributed by atoms with Gasteiger partial charge in [-0.15, -0.1) is 11.6 Å². The van der Waals surface area contributed by atoms with E-state index in [1.54, 1.807) is 6.20 Å². The minimum Gasteiger partial charge on any atom is -0.381 e. The van der Waals surface area contributed by atoms with E-state index in [0.29, 0.717) is 11.9 Å². The predicted molar refractivity (Wildman–Crippen MR) is 57.4 cm³/mol. The molecule has 0 radical (unpaired) electrons. The molecule has 0 amide bonds. The Morgan fingerprint density at radius 2 is 2.38 bits per heavy atom. The molecule has 0 aromatic carbocycles. The van der Waals surface area contributed by atoms with Crippen LogP contribution in [0.2, 0.25) is 0 Å². The van der Waals surface area contributed by atoms with Gasteiger partial charge in [0.1, 0.15) is 0 Å². The molecule has 3 heteroatoms. The van der Waals surface area contributed by atoms with Crippen molar-refractivity contribution in [1.82, 2.24) is 4.98 Å². The fourth-order valence-electron chi connectivity index (χ4n) is 1.12. The number of anilines is 1. The smallest absolute Gasteiger partial charge is 0.0425 e. The van der Waals surface area contributed by atoms with E-state index in [4.69, 9.17) is 11.6 Å². The molecule has 0 saturated carbocycles. The Morgan fingerprint density at radius 3 is 2.92 bits per heavy atom. The third-order valence-corrected chi connectivity index (χ3v) is 2.32. The summed E-state index contributed by atoms with van der Waals surface area (Å²) in [5.74, 6) is 0.637. The van der Waals surface area contributed by atoms with Crippen LogP contribution in [0.3, 0.4) is 0 Å². The third kappa shape index (κ3) is 3.23. The number of nitrogens with one attached hydrogen (secondary N) is 1. The van der Waals surface area contributed by atoms with Crippen molar-refractivity contribution in [3.8, 4) is 0 Å². The molecule has 1 aromatic heterocycles. The number of hydrogen-bond donors (Lipinski definition) is 1. The van der Waals surface area contributed by atoms with E-state index in [1.165, 1.54) is 0 Å². The van der Waals surface area contributed by atoms with Gasteiger partial charge in [0.05, 0.1) is 0 Å². The summed E-state index contributed by atoms with van der Waals surface area (Å²) in [7, 11) is 0. The molecular formula is C10H15ClN2. The van der Waals surface area contributed by atoms with Crippen LogP contribution in [0.25, 0.3) is 0 Å². The molecule has 0 aliphatic carbocycles. The lowest BCUT2D eigenvalue weighted by molar-refractivity contribution is 0.770. The van der Waals surface area contributed by atoms with Gasteiger partial charge in [-0.2, -0.15) is 0 Å². The highest BCUT2D eigenvalue weighted by molar-refractivity contribution is 6.18. The van der Waals surface area contributed by atoms with E-state index < -0.39 is 0 Å². The number of halogens is 1. The van der Waals surface area contributed by atoms with E-state index in [0.717, 1.165) is 17.8 Å². The van der Waals surface area contributed by atoms with Crippen molar-refractivity contribution in [3.05, 3.63) is 24.0 Å². The predicted octanol–water partition coefficient (Wildman–Crippen LogP) is 2.82. The highest BCUT2D eigenvalue weighted by Crippen LogP contribution is 2.10. The first kappa shape index (κ1) is 10.3. The van der Waals surface area contributed by atoms with E-state index >= 15 is 0 Å². The lowest BCUT2D eigenvalue weighted by Crippen LogP contribution is -2.19. The quantitative estimate of drug-likeness (QED) is 0.753. The first-order valence-electron chi connectivity index (χ1n) is 4.51. The van der Waals surface area contributed by atoms with E-state index in [-0.39, 0.29) is 0 Å². The monoisotopic (exact) mass is 198 g/mol. The van der Waals surface area contributed by atoms with Crippen molar-refractivity contribution in [2.24, 2.45) is 0 Å². The third-order valence-electron chi connectivity index (χ3n) is 1.95. The molecule has 1 aromatic rings. The van der Waals surface area contributed by atoms with Crippen molar-refractivity contribution < 1.29 is 0 Å². The molecule has 1 unspecified atom stereocenters. The largest absolute Gasteiger partial charge is 0.381 e. The van der Waals surface area contributed by atoms with Crippen LogP contribution in [0.15, 0.2) is 18.3 Å². The normalized spacial score (nSPS) is 12.5. The number of aryl methyl sites for hydroxylation is 1. The molecule has 13 heavy (non-hydrogen) atoms. The first-order valence-corrected chi connectivity index (χ1v) is 5.05. The molecule has 72 valence electrons. The number of rotatable bonds is 4. The second-order valence-corrected chi connectivity index (χ2v) is 3.40. The summed E-state index contributed by atoms with van der Waals surface area (Å²) < 4.78 is 0. The zero-order valence-electron chi connectivity index (χ0n) is 8.05. The Labute approximate surface area is 84.3 Å². The summed E-state index contributed by atoms with van der Waals surface area (Å²) in [6.45, 7) is 4.10. The second kappa shape index (κ2) is 5.07. The summed E-state index contributed by atoms with van der Waals surface area (Å²) in [5, 5.41) is 3.35. The number of aromatic nitrogens is 1. The molecule has 0 fully saturated rings. The van der Waals surface area contributed by atoms with Crippen molar-refractivity contribution in [3.63, 3.8) is 0 Å². The molecular weight excluding hydrogens is 184 g/mol. The molecule has 1 N–H and O–H groups in total. The minimum atomic E-state index is 0.350. The number of pyridine rings is 1. The Balaban J connectivity index is 2.62. The summed E-state index contributed by atoms with van der Waals surface area (Å²) in [4.78, 5) is 4.13. The van der Waals surface area contributed by atoms with Gasteiger partial charge in [-0.3, -0.25) is 4.98 Å². The summed E-state index contributed by atoms with van der Waals surface area (Å²) in [5.41, 5.74) is 2.12. The SMILES string of the molecule is CCC(CCl)Nc1ccnc(C)c1. The highest BCUT2D eigenvalue weighted by atomic mass is 35.5. The van der Waals surface area contributed by atoms with Gasteiger partial charge in [0.15, 0.2) is 0 Å². The van der Waals surface area contributed by atoms with Crippen LogP contribution >= 0.6 is 11.6 Å². The maximum absolute atomic E-state index is 5.78. The maximum atomic E-state index is 5.78. The van der Waals surface area contributed by atoms with Gasteiger partial charge in [-0.1, -0.05) is 6.92 Å². The Bertz CT molecular complexity index is 259. The molecule has 0 saturated heterocycles. The molecule has 1 atom stereocenters. The van der Waals surface area contributed by atoms with Crippen LogP contribution in [0.5, 0.6) is 0 Å². The van der Waals surface area contributed by atoms with Gasteiger partial charge in [0.25, 0.3) is 0 Å². The number of alkyl halides is 1. The molecule has 0 spiro atoms. The van der Waals surface area contributed by atoms with Gasteiger partial charge in [-0.05, 0) is 25.5 Å². The molecule has 1 rings (SSSR count). The van der Waals surface area contributed by atoms with Crippen LogP contribution < -0.4 is 5.32 Å². The van der Waals surface area contributed by atoms with Crippen molar-refractivity contribution >= 4 is 17.3 Å². The van der Waals surface area contributed by atoms with Gasteiger partial charge in [0, 0.05) is 29.5 Å². The van der Waals surface area contributed by atoms with Crippen LogP contribution in [0.1, 0.15) is 19.0 Å². The van der Waals surface area contributed by atoms with Crippen molar-refractivity contribution in [2.45, 2.75) is 26.3 Å². The van der Waals surface area contributed by atoms with Crippen LogP contribution in [-0.2, 0) is 0 Å². The van der Waals surface area contributed by atoms with Crippen molar-refractivity contribution in [1.29, 1.82) is 0 Å². The Hall–Kier alpha value is -0.760.